The molecule has 0 aliphatic carbocycles. The molecule has 0 fully saturated rings. The van der Waals surface area contributed by atoms with Gasteiger partial charge in [0, 0.05) is 11.3 Å². The molecule has 1 N–H and O–H groups in total. The van der Waals surface area contributed by atoms with Crippen LogP contribution in [0.2, 0.25) is 0 Å². The van der Waals surface area contributed by atoms with E-state index < -0.39 is 17.6 Å². The lowest BCUT2D eigenvalue weighted by Gasteiger charge is -2.09. The van der Waals surface area contributed by atoms with Gasteiger partial charge in [0.2, 0.25) is 0 Å². The van der Waals surface area contributed by atoms with E-state index >= 15 is 0 Å². The van der Waals surface area contributed by atoms with Crippen LogP contribution in [0, 0.1) is 0 Å². The maximum absolute atomic E-state index is 12.6. The normalized spacial score (nSPS) is 11.3. The van der Waals surface area contributed by atoms with Gasteiger partial charge in [0.1, 0.15) is 4.88 Å². The number of amides is 1. The van der Waals surface area contributed by atoms with Gasteiger partial charge in [-0.3, -0.25) is 4.79 Å². The van der Waals surface area contributed by atoms with Crippen molar-refractivity contribution in [1.29, 1.82) is 0 Å². The van der Waals surface area contributed by atoms with Gasteiger partial charge in [0.05, 0.1) is 16.8 Å². The summed E-state index contributed by atoms with van der Waals surface area (Å²) in [5, 5.41) is 2.60. The number of carbonyl (C=O) groups excluding carboxylic acids is 1. The second-order valence-corrected chi connectivity index (χ2v) is 5.78. The van der Waals surface area contributed by atoms with E-state index in [9.17, 15) is 18.0 Å². The number of anilines is 1. The predicted octanol–water partition coefficient (Wildman–Crippen LogP) is 5.08. The minimum absolute atomic E-state index is 0.292. The average Bonchev–Trinajstić information content (AvgIpc) is 3.05. The minimum atomic E-state index is -4.40. The van der Waals surface area contributed by atoms with Gasteiger partial charge in [-0.2, -0.15) is 13.2 Å². The number of nitrogens with one attached hydrogen (secondary N) is 1. The number of hydrogen-bond acceptors (Lipinski definition) is 3. The van der Waals surface area contributed by atoms with Crippen molar-refractivity contribution in [2.75, 3.05) is 5.32 Å². The van der Waals surface area contributed by atoms with Gasteiger partial charge in [0.15, 0.2) is 0 Å². The fraction of sp³-hybridized carbons (Fsp3) is 0.0588. The van der Waals surface area contributed by atoms with Crippen LogP contribution in [0.3, 0.4) is 0 Å². The van der Waals surface area contributed by atoms with Crippen LogP contribution in [0.15, 0.2) is 60.1 Å². The van der Waals surface area contributed by atoms with E-state index in [1.807, 2.05) is 30.3 Å². The number of halogens is 3. The second kappa shape index (κ2) is 6.45. The fourth-order valence-corrected chi connectivity index (χ4v) is 2.84. The highest BCUT2D eigenvalue weighted by molar-refractivity contribution is 7.12. The topological polar surface area (TPSA) is 42.0 Å². The Labute approximate surface area is 139 Å². The number of alkyl halides is 3. The monoisotopic (exact) mass is 348 g/mol. The Morgan fingerprint density at radius 2 is 1.67 bits per heavy atom. The molecular formula is C17H11F3N2OS. The van der Waals surface area contributed by atoms with E-state index in [0.717, 1.165) is 17.7 Å². The van der Waals surface area contributed by atoms with Crippen molar-refractivity contribution in [2.24, 2.45) is 0 Å². The first-order chi connectivity index (χ1) is 11.4. The first kappa shape index (κ1) is 16.2. The first-order valence-electron chi connectivity index (χ1n) is 6.92. The van der Waals surface area contributed by atoms with Gasteiger partial charge in [-0.1, -0.05) is 30.3 Å². The number of thiazole rings is 1. The molecule has 1 amide bonds. The third kappa shape index (κ3) is 3.46. The number of benzene rings is 2. The van der Waals surface area contributed by atoms with Crippen molar-refractivity contribution in [3.63, 3.8) is 0 Å². The van der Waals surface area contributed by atoms with E-state index in [-0.39, 0.29) is 0 Å². The largest absolute Gasteiger partial charge is 0.416 e. The molecule has 0 radical (unpaired) electrons. The second-order valence-electron chi connectivity index (χ2n) is 4.93. The van der Waals surface area contributed by atoms with Crippen molar-refractivity contribution < 1.29 is 18.0 Å². The van der Waals surface area contributed by atoms with E-state index in [4.69, 9.17) is 0 Å². The van der Waals surface area contributed by atoms with Gasteiger partial charge < -0.3 is 5.32 Å². The Kier molecular flexibility index (Phi) is 4.35. The maximum Gasteiger partial charge on any atom is 0.416 e. The van der Waals surface area contributed by atoms with Crippen LogP contribution in [-0.2, 0) is 6.18 Å². The van der Waals surface area contributed by atoms with Crippen molar-refractivity contribution in [3.05, 3.63) is 70.5 Å². The molecule has 0 aliphatic rings. The third-order valence-corrected chi connectivity index (χ3v) is 4.12. The summed E-state index contributed by atoms with van der Waals surface area (Å²) in [5.74, 6) is -0.406. The maximum atomic E-state index is 12.6. The molecule has 0 bridgehead atoms. The number of rotatable bonds is 3. The zero-order chi connectivity index (χ0) is 17.2. The van der Waals surface area contributed by atoms with Gasteiger partial charge in [0.25, 0.3) is 5.91 Å². The van der Waals surface area contributed by atoms with Crippen LogP contribution in [0.5, 0.6) is 0 Å². The van der Waals surface area contributed by atoms with E-state index in [1.54, 1.807) is 5.51 Å². The highest BCUT2D eigenvalue weighted by atomic mass is 32.1. The quantitative estimate of drug-likeness (QED) is 0.717. The standard InChI is InChI=1S/C17H11F3N2OS/c18-17(19,20)12-6-8-13(9-7-12)22-16(23)15-14(21-10-24-15)11-4-2-1-3-5-11/h1-10H,(H,22,23). The molecular weight excluding hydrogens is 337 g/mol. The predicted molar refractivity (Wildman–Crippen MR) is 86.9 cm³/mol. The first-order valence-corrected chi connectivity index (χ1v) is 7.80. The SMILES string of the molecule is O=C(Nc1ccc(C(F)(F)F)cc1)c1scnc1-c1ccccc1. The summed E-state index contributed by atoms with van der Waals surface area (Å²) in [6.45, 7) is 0. The van der Waals surface area contributed by atoms with E-state index in [1.165, 1.54) is 23.5 Å². The van der Waals surface area contributed by atoms with Crippen LogP contribution in [-0.4, -0.2) is 10.9 Å². The number of aromatic nitrogens is 1. The molecule has 122 valence electrons. The Morgan fingerprint density at radius 1 is 1.00 bits per heavy atom. The minimum Gasteiger partial charge on any atom is -0.321 e. The lowest BCUT2D eigenvalue weighted by molar-refractivity contribution is -0.137. The summed E-state index contributed by atoms with van der Waals surface area (Å²) >= 11 is 1.18. The van der Waals surface area contributed by atoms with Crippen molar-refractivity contribution in [3.8, 4) is 11.3 Å². The van der Waals surface area contributed by atoms with Crippen molar-refractivity contribution >= 4 is 22.9 Å². The number of hydrogen-bond donors (Lipinski definition) is 1. The molecule has 24 heavy (non-hydrogen) atoms. The summed E-state index contributed by atoms with van der Waals surface area (Å²) in [4.78, 5) is 17.0. The Balaban J connectivity index is 1.80. The smallest absolute Gasteiger partial charge is 0.321 e. The highest BCUT2D eigenvalue weighted by Gasteiger charge is 2.30. The molecule has 0 atom stereocenters. The van der Waals surface area contributed by atoms with E-state index in [0.29, 0.717) is 16.3 Å². The summed E-state index contributed by atoms with van der Waals surface area (Å²) in [7, 11) is 0. The lowest BCUT2D eigenvalue weighted by atomic mass is 10.1. The summed E-state index contributed by atoms with van der Waals surface area (Å²) in [6, 6.07) is 13.5. The van der Waals surface area contributed by atoms with Crippen LogP contribution < -0.4 is 5.32 Å². The Morgan fingerprint density at radius 3 is 2.29 bits per heavy atom. The summed E-state index contributed by atoms with van der Waals surface area (Å²) in [5.41, 5.74) is 2.44. The van der Waals surface area contributed by atoms with E-state index in [2.05, 4.69) is 10.3 Å². The van der Waals surface area contributed by atoms with Crippen LogP contribution in [0.1, 0.15) is 15.2 Å². The summed E-state index contributed by atoms with van der Waals surface area (Å²) < 4.78 is 37.7. The molecule has 3 aromatic rings. The molecule has 1 heterocycles. The highest BCUT2D eigenvalue weighted by Crippen LogP contribution is 2.30. The molecule has 7 heteroatoms. The molecule has 0 spiro atoms. The van der Waals surface area contributed by atoms with Crippen molar-refractivity contribution in [1.82, 2.24) is 4.98 Å². The molecule has 2 aromatic carbocycles. The zero-order valence-corrected chi connectivity index (χ0v) is 13.0. The fourth-order valence-electron chi connectivity index (χ4n) is 2.14. The molecule has 3 nitrogen and oxygen atoms in total. The van der Waals surface area contributed by atoms with Gasteiger partial charge >= 0.3 is 6.18 Å². The molecule has 3 rings (SSSR count). The molecule has 0 aliphatic heterocycles. The lowest BCUT2D eigenvalue weighted by Crippen LogP contribution is -2.12. The Bertz CT molecular complexity index is 842. The molecule has 1 aromatic heterocycles. The number of carbonyl (C=O) groups is 1. The number of nitrogens with zero attached hydrogens (tertiary/aromatic N) is 1. The van der Waals surface area contributed by atoms with Crippen LogP contribution in [0.25, 0.3) is 11.3 Å². The third-order valence-electron chi connectivity index (χ3n) is 3.29. The summed E-state index contributed by atoms with van der Waals surface area (Å²) in [6.07, 6.45) is -4.40. The van der Waals surface area contributed by atoms with Crippen LogP contribution in [0.4, 0.5) is 18.9 Å². The Hall–Kier alpha value is -2.67. The van der Waals surface area contributed by atoms with Crippen molar-refractivity contribution in [2.45, 2.75) is 6.18 Å². The molecule has 0 saturated heterocycles. The zero-order valence-electron chi connectivity index (χ0n) is 12.2. The van der Waals surface area contributed by atoms with Crippen LogP contribution >= 0.6 is 11.3 Å². The van der Waals surface area contributed by atoms with Gasteiger partial charge in [-0.15, -0.1) is 11.3 Å². The molecule has 0 unspecified atom stereocenters. The molecule has 0 saturated carbocycles. The average molecular weight is 348 g/mol. The van der Waals surface area contributed by atoms with Gasteiger partial charge in [-0.05, 0) is 24.3 Å². The van der Waals surface area contributed by atoms with Gasteiger partial charge in [-0.25, -0.2) is 4.98 Å².